The summed E-state index contributed by atoms with van der Waals surface area (Å²) < 4.78 is 31.6. The van der Waals surface area contributed by atoms with Crippen molar-refractivity contribution in [2.45, 2.75) is 63.5 Å². The molecule has 1 heterocycles. The van der Waals surface area contributed by atoms with Crippen LogP contribution in [0.15, 0.2) is 18.2 Å². The second-order valence-electron chi connectivity index (χ2n) is 7.39. The van der Waals surface area contributed by atoms with Gasteiger partial charge in [-0.15, -0.1) is 0 Å². The van der Waals surface area contributed by atoms with Gasteiger partial charge in [-0.3, -0.25) is 9.10 Å². The number of hydrogen-bond donors (Lipinski definition) is 1. The van der Waals surface area contributed by atoms with Crippen molar-refractivity contribution in [3.63, 3.8) is 0 Å². The Morgan fingerprint density at radius 1 is 1.15 bits per heavy atom. The summed E-state index contributed by atoms with van der Waals surface area (Å²) in [5.41, 5.74) is 0.381. The molecule has 0 aromatic heterocycles. The van der Waals surface area contributed by atoms with Crippen LogP contribution in [0.1, 0.15) is 51.4 Å². The summed E-state index contributed by atoms with van der Waals surface area (Å²) in [5.74, 6) is 0.192. The van der Waals surface area contributed by atoms with E-state index >= 15 is 0 Å². The average Bonchev–Trinajstić information content (AvgIpc) is 2.76. The Labute approximate surface area is 166 Å². The van der Waals surface area contributed by atoms with E-state index in [1.165, 1.54) is 23.6 Å². The number of rotatable bonds is 3. The minimum atomic E-state index is -3.50. The van der Waals surface area contributed by atoms with Gasteiger partial charge in [0.05, 0.1) is 11.9 Å². The van der Waals surface area contributed by atoms with E-state index < -0.39 is 16.1 Å². The van der Waals surface area contributed by atoms with Crippen molar-refractivity contribution < 1.29 is 17.9 Å². The van der Waals surface area contributed by atoms with Crippen LogP contribution >= 0.6 is 11.6 Å². The first-order chi connectivity index (χ1) is 12.8. The van der Waals surface area contributed by atoms with Gasteiger partial charge in [0.15, 0.2) is 6.10 Å². The molecule has 1 amide bonds. The lowest BCUT2D eigenvalue weighted by molar-refractivity contribution is -0.128. The maximum Gasteiger partial charge on any atom is 0.261 e. The lowest BCUT2D eigenvalue weighted by atomic mass is 9.96. The predicted octanol–water partition coefficient (Wildman–Crippen LogP) is 3.49. The van der Waals surface area contributed by atoms with Crippen LogP contribution in [0.2, 0.25) is 5.02 Å². The lowest BCUT2D eigenvalue weighted by Crippen LogP contribution is -2.44. The summed E-state index contributed by atoms with van der Waals surface area (Å²) in [6, 6.07) is 4.99. The third-order valence-electron chi connectivity index (χ3n) is 5.20. The molecule has 6 nitrogen and oxygen atoms in total. The van der Waals surface area contributed by atoms with E-state index in [0.29, 0.717) is 16.5 Å². The first-order valence-corrected chi connectivity index (χ1v) is 11.8. The van der Waals surface area contributed by atoms with Gasteiger partial charge < -0.3 is 10.1 Å². The Morgan fingerprint density at radius 3 is 2.48 bits per heavy atom. The van der Waals surface area contributed by atoms with Crippen molar-refractivity contribution in [3.8, 4) is 5.75 Å². The van der Waals surface area contributed by atoms with E-state index in [2.05, 4.69) is 5.32 Å². The van der Waals surface area contributed by atoms with Crippen molar-refractivity contribution in [2.75, 3.05) is 17.1 Å². The van der Waals surface area contributed by atoms with E-state index in [1.54, 1.807) is 18.2 Å². The molecule has 0 spiro atoms. The highest BCUT2D eigenvalue weighted by molar-refractivity contribution is 7.92. The molecule has 1 fully saturated rings. The van der Waals surface area contributed by atoms with Crippen LogP contribution in [-0.2, 0) is 14.8 Å². The van der Waals surface area contributed by atoms with Crippen LogP contribution in [0, 0.1) is 0 Å². The second-order valence-corrected chi connectivity index (χ2v) is 9.74. The molecule has 1 aromatic rings. The second kappa shape index (κ2) is 8.69. The van der Waals surface area contributed by atoms with Crippen molar-refractivity contribution in [1.29, 1.82) is 0 Å². The molecule has 0 radical (unpaired) electrons. The average molecular weight is 415 g/mol. The van der Waals surface area contributed by atoms with Gasteiger partial charge in [0.2, 0.25) is 10.0 Å². The SMILES string of the molecule is CS(=O)(=O)N1CCC(C(=O)NC2CCCCCCC2)Oc2ccc(Cl)cc21. The number of ether oxygens (including phenoxy) is 1. The van der Waals surface area contributed by atoms with E-state index in [-0.39, 0.29) is 24.9 Å². The maximum absolute atomic E-state index is 12.8. The minimum Gasteiger partial charge on any atom is -0.478 e. The first-order valence-electron chi connectivity index (χ1n) is 9.59. The van der Waals surface area contributed by atoms with Crippen LogP contribution in [0.4, 0.5) is 5.69 Å². The number of benzene rings is 1. The molecular weight excluding hydrogens is 388 g/mol. The molecule has 3 rings (SSSR count). The summed E-state index contributed by atoms with van der Waals surface area (Å²) in [6.45, 7) is 0.176. The molecule has 2 aliphatic rings. The number of hydrogen-bond acceptors (Lipinski definition) is 4. The number of carbonyl (C=O) groups excluding carboxylic acids is 1. The zero-order valence-corrected chi connectivity index (χ0v) is 17.2. The van der Waals surface area contributed by atoms with Gasteiger partial charge in [0.1, 0.15) is 5.75 Å². The van der Waals surface area contributed by atoms with Crippen molar-refractivity contribution in [3.05, 3.63) is 23.2 Å². The molecule has 27 heavy (non-hydrogen) atoms. The van der Waals surface area contributed by atoms with Gasteiger partial charge in [-0.05, 0) is 31.0 Å². The summed E-state index contributed by atoms with van der Waals surface area (Å²) >= 11 is 6.05. The number of fused-ring (bicyclic) bond motifs is 1. The Hall–Kier alpha value is -1.47. The molecule has 1 atom stereocenters. The van der Waals surface area contributed by atoms with Gasteiger partial charge >= 0.3 is 0 Å². The summed E-state index contributed by atoms with van der Waals surface area (Å²) in [4.78, 5) is 12.8. The molecule has 1 unspecified atom stereocenters. The standard InChI is InChI=1S/C19H27ClN2O4S/c1-27(24,25)22-12-11-18(26-17-10-9-14(20)13-16(17)22)19(23)21-15-7-5-3-2-4-6-8-15/h9-10,13,15,18H,2-8,11-12H2,1H3,(H,21,23). The Balaban J connectivity index is 1.76. The molecule has 1 saturated carbocycles. The van der Waals surface area contributed by atoms with E-state index in [4.69, 9.17) is 16.3 Å². The first kappa shape index (κ1) is 20.3. The van der Waals surface area contributed by atoms with Gasteiger partial charge in [-0.25, -0.2) is 8.42 Å². The number of carbonyl (C=O) groups is 1. The van der Waals surface area contributed by atoms with Gasteiger partial charge in [-0.1, -0.05) is 43.7 Å². The van der Waals surface area contributed by atoms with E-state index in [9.17, 15) is 13.2 Å². The number of anilines is 1. The highest BCUT2D eigenvalue weighted by Gasteiger charge is 2.32. The number of nitrogens with zero attached hydrogens (tertiary/aromatic N) is 1. The topological polar surface area (TPSA) is 75.7 Å². The zero-order chi connectivity index (χ0) is 19.4. The smallest absolute Gasteiger partial charge is 0.261 e. The van der Waals surface area contributed by atoms with Gasteiger partial charge in [0, 0.05) is 24.0 Å². The molecular formula is C19H27ClN2O4S. The fourth-order valence-corrected chi connectivity index (χ4v) is 4.88. The fourth-order valence-electron chi connectivity index (χ4n) is 3.78. The van der Waals surface area contributed by atoms with Crippen LogP contribution in [-0.4, -0.2) is 39.3 Å². The number of nitrogens with one attached hydrogen (secondary N) is 1. The molecule has 0 bridgehead atoms. The highest BCUT2D eigenvalue weighted by atomic mass is 35.5. The maximum atomic E-state index is 12.8. The van der Waals surface area contributed by atoms with Crippen molar-refractivity contribution in [1.82, 2.24) is 5.32 Å². The molecule has 1 N–H and O–H groups in total. The quantitative estimate of drug-likeness (QED) is 0.821. The van der Waals surface area contributed by atoms with Crippen molar-refractivity contribution >= 4 is 33.2 Å². The lowest BCUT2D eigenvalue weighted by Gasteiger charge is -2.24. The van der Waals surface area contributed by atoms with E-state index in [1.807, 2.05) is 0 Å². The van der Waals surface area contributed by atoms with Crippen LogP contribution in [0.25, 0.3) is 0 Å². The minimum absolute atomic E-state index is 0.167. The molecule has 150 valence electrons. The monoisotopic (exact) mass is 414 g/mol. The highest BCUT2D eigenvalue weighted by Crippen LogP contribution is 2.36. The summed E-state index contributed by atoms with van der Waals surface area (Å²) in [6.07, 6.45) is 8.63. The number of halogens is 1. The molecule has 1 aromatic carbocycles. The van der Waals surface area contributed by atoms with Crippen LogP contribution in [0.3, 0.4) is 0 Å². The number of sulfonamides is 1. The van der Waals surface area contributed by atoms with Crippen LogP contribution in [0.5, 0.6) is 5.75 Å². The molecule has 8 heteroatoms. The van der Waals surface area contributed by atoms with E-state index in [0.717, 1.165) is 31.9 Å². The molecule has 1 aliphatic heterocycles. The fraction of sp³-hybridized carbons (Fsp3) is 0.632. The third-order valence-corrected chi connectivity index (χ3v) is 6.61. The largest absolute Gasteiger partial charge is 0.478 e. The number of amides is 1. The van der Waals surface area contributed by atoms with Crippen molar-refractivity contribution in [2.24, 2.45) is 0 Å². The Morgan fingerprint density at radius 2 is 1.81 bits per heavy atom. The van der Waals surface area contributed by atoms with Gasteiger partial charge in [-0.2, -0.15) is 0 Å². The zero-order valence-electron chi connectivity index (χ0n) is 15.6. The molecule has 0 saturated heterocycles. The third kappa shape index (κ3) is 5.29. The normalized spacial score (nSPS) is 22.0. The predicted molar refractivity (Wildman–Crippen MR) is 107 cm³/mol. The van der Waals surface area contributed by atoms with Gasteiger partial charge in [0.25, 0.3) is 5.91 Å². The summed E-state index contributed by atoms with van der Waals surface area (Å²) in [5, 5.41) is 3.54. The summed E-state index contributed by atoms with van der Waals surface area (Å²) in [7, 11) is -3.50. The Bertz CT molecular complexity index is 776. The van der Waals surface area contributed by atoms with Crippen LogP contribution < -0.4 is 14.4 Å². The molecule has 1 aliphatic carbocycles. The Kier molecular flexibility index (Phi) is 6.52.